The van der Waals surface area contributed by atoms with Crippen LogP contribution >= 0.6 is 0 Å². The fourth-order valence-electron chi connectivity index (χ4n) is 1.89. The van der Waals surface area contributed by atoms with E-state index in [2.05, 4.69) is 5.32 Å². The van der Waals surface area contributed by atoms with E-state index in [-0.39, 0.29) is 24.2 Å². The largest absolute Gasteiger partial charge is 0.460 e. The normalized spacial score (nSPS) is 12.5. The molecule has 0 radical (unpaired) electrons. The third kappa shape index (κ3) is 6.24. The Labute approximate surface area is 141 Å². The molecule has 130 valence electrons. The van der Waals surface area contributed by atoms with Gasteiger partial charge in [-0.15, -0.1) is 0 Å². The molecule has 1 N–H and O–H groups in total. The maximum Gasteiger partial charge on any atom is 0.374 e. The topological polar surface area (TPSA) is 81.7 Å². The summed E-state index contributed by atoms with van der Waals surface area (Å²) in [4.78, 5) is 35.4. The first-order valence-corrected chi connectivity index (χ1v) is 7.78. The second-order valence-corrected chi connectivity index (χ2v) is 5.45. The van der Waals surface area contributed by atoms with E-state index in [1.165, 1.54) is 13.0 Å². The van der Waals surface area contributed by atoms with Crippen molar-refractivity contribution in [2.75, 3.05) is 6.61 Å². The van der Waals surface area contributed by atoms with E-state index in [0.717, 1.165) is 0 Å². The van der Waals surface area contributed by atoms with Gasteiger partial charge in [-0.05, 0) is 31.1 Å². The summed E-state index contributed by atoms with van der Waals surface area (Å²) < 4.78 is 9.81. The average molecular weight is 333 g/mol. The van der Waals surface area contributed by atoms with Gasteiger partial charge in [-0.1, -0.05) is 32.0 Å². The lowest BCUT2D eigenvalue weighted by molar-refractivity contribution is -0.150. The summed E-state index contributed by atoms with van der Waals surface area (Å²) in [7, 11) is 0. The first kappa shape index (κ1) is 19.4. The zero-order chi connectivity index (χ0) is 18.1. The Bertz CT molecular complexity index is 607. The molecule has 1 amide bonds. The Balaban J connectivity index is 3.00. The number of carbonyl (C=O) groups is 3. The molecule has 0 aliphatic carbocycles. The predicted molar refractivity (Wildman–Crippen MR) is 89.0 cm³/mol. The number of hydrogen-bond donors (Lipinski definition) is 1. The zero-order valence-electron chi connectivity index (χ0n) is 14.4. The van der Waals surface area contributed by atoms with Gasteiger partial charge in [0, 0.05) is 12.5 Å². The van der Waals surface area contributed by atoms with Crippen molar-refractivity contribution in [1.29, 1.82) is 0 Å². The van der Waals surface area contributed by atoms with Crippen LogP contribution in [0, 0.1) is 5.92 Å². The van der Waals surface area contributed by atoms with Gasteiger partial charge in [0.1, 0.15) is 0 Å². The first-order chi connectivity index (χ1) is 11.3. The second-order valence-electron chi connectivity index (χ2n) is 5.45. The van der Waals surface area contributed by atoms with Crippen LogP contribution in [-0.2, 0) is 19.1 Å². The van der Waals surface area contributed by atoms with Crippen LogP contribution in [0.4, 0.5) is 0 Å². The van der Waals surface area contributed by atoms with Crippen LogP contribution in [0.5, 0.6) is 0 Å². The van der Waals surface area contributed by atoms with Gasteiger partial charge in [-0.25, -0.2) is 4.79 Å². The summed E-state index contributed by atoms with van der Waals surface area (Å²) in [5, 5.41) is 2.82. The SMILES string of the molecule is CCOC(=O)/C(=C/C(NC(=O)c1ccccc1)C(C)C)OC(C)=O. The molecule has 1 aromatic carbocycles. The quantitative estimate of drug-likeness (QED) is 0.471. The van der Waals surface area contributed by atoms with E-state index in [1.54, 1.807) is 31.2 Å². The Kier molecular flexibility index (Phi) is 7.68. The van der Waals surface area contributed by atoms with Gasteiger partial charge in [0.05, 0.1) is 12.6 Å². The van der Waals surface area contributed by atoms with Gasteiger partial charge in [-0.3, -0.25) is 9.59 Å². The smallest absolute Gasteiger partial charge is 0.374 e. The molecule has 24 heavy (non-hydrogen) atoms. The summed E-state index contributed by atoms with van der Waals surface area (Å²) in [6, 6.07) is 8.21. The molecule has 0 aliphatic rings. The van der Waals surface area contributed by atoms with E-state index in [0.29, 0.717) is 5.56 Å². The minimum Gasteiger partial charge on any atom is -0.460 e. The third-order valence-electron chi connectivity index (χ3n) is 3.11. The Hall–Kier alpha value is -2.63. The van der Waals surface area contributed by atoms with Gasteiger partial charge < -0.3 is 14.8 Å². The molecule has 6 nitrogen and oxygen atoms in total. The van der Waals surface area contributed by atoms with Gasteiger partial charge in [0.25, 0.3) is 5.91 Å². The lowest BCUT2D eigenvalue weighted by Crippen LogP contribution is -2.38. The summed E-state index contributed by atoms with van der Waals surface area (Å²) in [5.41, 5.74) is 0.502. The summed E-state index contributed by atoms with van der Waals surface area (Å²) in [5.74, 6) is -1.91. The second kappa shape index (κ2) is 9.50. The zero-order valence-corrected chi connectivity index (χ0v) is 14.4. The van der Waals surface area contributed by atoms with E-state index >= 15 is 0 Å². The van der Waals surface area contributed by atoms with Crippen LogP contribution in [-0.4, -0.2) is 30.5 Å². The van der Waals surface area contributed by atoms with E-state index < -0.39 is 18.0 Å². The molecule has 6 heteroatoms. The number of ether oxygens (including phenoxy) is 2. The highest BCUT2D eigenvalue weighted by Crippen LogP contribution is 2.11. The van der Waals surface area contributed by atoms with Crippen molar-refractivity contribution in [3.8, 4) is 0 Å². The number of esters is 2. The first-order valence-electron chi connectivity index (χ1n) is 7.78. The maximum absolute atomic E-state index is 12.3. The van der Waals surface area contributed by atoms with Crippen LogP contribution in [0.3, 0.4) is 0 Å². The number of rotatable bonds is 7. The van der Waals surface area contributed by atoms with Crippen molar-refractivity contribution < 1.29 is 23.9 Å². The van der Waals surface area contributed by atoms with Gasteiger partial charge >= 0.3 is 11.9 Å². The molecule has 0 spiro atoms. The van der Waals surface area contributed by atoms with Gasteiger partial charge in [-0.2, -0.15) is 0 Å². The third-order valence-corrected chi connectivity index (χ3v) is 3.11. The lowest BCUT2D eigenvalue weighted by atomic mass is 10.0. The van der Waals surface area contributed by atoms with Crippen LogP contribution < -0.4 is 5.32 Å². The Morgan fingerprint density at radius 1 is 1.17 bits per heavy atom. The predicted octanol–water partition coefficient (Wildman–Crippen LogP) is 2.45. The van der Waals surface area contributed by atoms with E-state index in [9.17, 15) is 14.4 Å². The van der Waals surface area contributed by atoms with Gasteiger partial charge in [0.15, 0.2) is 0 Å². The number of carbonyl (C=O) groups excluding carboxylic acids is 3. The molecular formula is C18H23NO5. The molecule has 1 unspecified atom stereocenters. The number of benzene rings is 1. The molecule has 0 saturated carbocycles. The standard InChI is InChI=1S/C18H23NO5/c1-5-23-18(22)16(24-13(4)20)11-15(12(2)3)19-17(21)14-9-7-6-8-10-14/h6-12,15H,5H2,1-4H3,(H,19,21)/b16-11-. The van der Waals surface area contributed by atoms with E-state index in [4.69, 9.17) is 9.47 Å². The van der Waals surface area contributed by atoms with Crippen molar-refractivity contribution in [1.82, 2.24) is 5.32 Å². The van der Waals surface area contributed by atoms with Crippen molar-refractivity contribution in [2.45, 2.75) is 33.7 Å². The number of hydrogen-bond acceptors (Lipinski definition) is 5. The van der Waals surface area contributed by atoms with Crippen molar-refractivity contribution >= 4 is 17.8 Å². The Morgan fingerprint density at radius 2 is 1.79 bits per heavy atom. The molecule has 0 bridgehead atoms. The monoisotopic (exact) mass is 333 g/mol. The summed E-state index contributed by atoms with van der Waals surface area (Å²) in [6.07, 6.45) is 1.41. The molecular weight excluding hydrogens is 310 g/mol. The molecule has 1 aromatic rings. The van der Waals surface area contributed by atoms with Crippen LogP contribution in [0.25, 0.3) is 0 Å². The van der Waals surface area contributed by atoms with Crippen molar-refractivity contribution in [2.24, 2.45) is 5.92 Å². The number of nitrogens with one attached hydrogen (secondary N) is 1. The highest BCUT2D eigenvalue weighted by Gasteiger charge is 2.21. The lowest BCUT2D eigenvalue weighted by Gasteiger charge is -2.20. The van der Waals surface area contributed by atoms with Crippen molar-refractivity contribution in [3.05, 3.63) is 47.7 Å². The average Bonchev–Trinajstić information content (AvgIpc) is 2.53. The molecule has 0 heterocycles. The summed E-state index contributed by atoms with van der Waals surface area (Å²) in [6.45, 7) is 6.76. The highest BCUT2D eigenvalue weighted by molar-refractivity contribution is 5.94. The molecule has 1 atom stereocenters. The summed E-state index contributed by atoms with van der Waals surface area (Å²) >= 11 is 0. The Morgan fingerprint density at radius 3 is 2.29 bits per heavy atom. The number of amides is 1. The van der Waals surface area contributed by atoms with Crippen LogP contribution in [0.2, 0.25) is 0 Å². The fraction of sp³-hybridized carbons (Fsp3) is 0.389. The molecule has 0 saturated heterocycles. The minimum absolute atomic E-state index is 0.0300. The molecule has 0 aromatic heterocycles. The minimum atomic E-state index is -0.743. The maximum atomic E-state index is 12.3. The van der Waals surface area contributed by atoms with Crippen LogP contribution in [0.1, 0.15) is 38.1 Å². The van der Waals surface area contributed by atoms with E-state index in [1.807, 2.05) is 19.9 Å². The molecule has 0 fully saturated rings. The van der Waals surface area contributed by atoms with Crippen molar-refractivity contribution in [3.63, 3.8) is 0 Å². The molecule has 1 rings (SSSR count). The highest BCUT2D eigenvalue weighted by atomic mass is 16.6. The van der Waals surface area contributed by atoms with Crippen LogP contribution in [0.15, 0.2) is 42.2 Å². The van der Waals surface area contributed by atoms with Gasteiger partial charge in [0.2, 0.25) is 5.76 Å². The fourth-order valence-corrected chi connectivity index (χ4v) is 1.89. The molecule has 0 aliphatic heterocycles.